The van der Waals surface area contributed by atoms with Crippen molar-refractivity contribution >= 4 is 38.7 Å². The van der Waals surface area contributed by atoms with Crippen molar-refractivity contribution in [3.05, 3.63) is 52.7 Å². The van der Waals surface area contributed by atoms with Crippen LogP contribution in [0.15, 0.2) is 47.8 Å². The largest absolute Gasteiger partial charge is 0.455 e. The zero-order valence-electron chi connectivity index (χ0n) is 14.0. The Hall–Kier alpha value is -2.19. The number of amides is 1. The van der Waals surface area contributed by atoms with Crippen LogP contribution in [0, 0.1) is 0 Å². The van der Waals surface area contributed by atoms with Crippen molar-refractivity contribution in [2.45, 2.75) is 18.9 Å². The number of benzene rings is 1. The molecule has 0 N–H and O–H groups in total. The lowest BCUT2D eigenvalue weighted by molar-refractivity contribution is -0.147. The Kier molecular flexibility index (Phi) is 5.73. The van der Waals surface area contributed by atoms with E-state index < -0.39 is 34.4 Å². The van der Waals surface area contributed by atoms with E-state index in [1.807, 2.05) is 23.6 Å². The fraction of sp³-hybridized carbons (Fsp3) is 0.333. The highest BCUT2D eigenvalue weighted by molar-refractivity contribution is 7.91. The first-order chi connectivity index (χ1) is 12.4. The third-order valence-electron chi connectivity index (χ3n) is 4.13. The molecule has 1 aromatic carbocycles. The summed E-state index contributed by atoms with van der Waals surface area (Å²) < 4.78 is 28.8. The molecule has 138 valence electrons. The predicted molar refractivity (Wildman–Crippen MR) is 100.0 cm³/mol. The standard InChI is InChI=1S/C18H19NO5S2/c20-17(12-24-18(21)11-16-7-4-9-25-16)19(14-5-2-1-3-6-14)15-8-10-26(22,23)13-15/h1-7,9,15H,8,10-13H2/t15-/m1/s1. The Morgan fingerprint density at radius 3 is 2.54 bits per heavy atom. The number of esters is 1. The molecule has 0 aliphatic carbocycles. The number of carbonyl (C=O) groups excluding carboxylic acids is 2. The molecule has 1 atom stereocenters. The lowest BCUT2D eigenvalue weighted by Crippen LogP contribution is -2.43. The molecule has 2 heterocycles. The van der Waals surface area contributed by atoms with Crippen LogP contribution in [-0.4, -0.2) is 44.4 Å². The maximum Gasteiger partial charge on any atom is 0.311 e. The second kappa shape index (κ2) is 8.01. The number of thiophene rings is 1. The van der Waals surface area contributed by atoms with Crippen molar-refractivity contribution in [3.63, 3.8) is 0 Å². The van der Waals surface area contributed by atoms with Crippen LogP contribution in [0.1, 0.15) is 11.3 Å². The van der Waals surface area contributed by atoms with E-state index >= 15 is 0 Å². The van der Waals surface area contributed by atoms with Crippen LogP contribution in [0.4, 0.5) is 5.69 Å². The van der Waals surface area contributed by atoms with Crippen molar-refractivity contribution in [2.75, 3.05) is 23.0 Å². The van der Waals surface area contributed by atoms with Gasteiger partial charge in [-0.05, 0) is 30.0 Å². The van der Waals surface area contributed by atoms with Crippen LogP contribution in [0.3, 0.4) is 0 Å². The quantitative estimate of drug-likeness (QED) is 0.702. The van der Waals surface area contributed by atoms with Crippen LogP contribution < -0.4 is 4.90 Å². The van der Waals surface area contributed by atoms with Gasteiger partial charge in [-0.2, -0.15) is 0 Å². The van der Waals surface area contributed by atoms with Crippen molar-refractivity contribution in [1.29, 1.82) is 0 Å². The van der Waals surface area contributed by atoms with Gasteiger partial charge >= 0.3 is 5.97 Å². The molecule has 2 aromatic rings. The van der Waals surface area contributed by atoms with Gasteiger partial charge in [0.15, 0.2) is 16.4 Å². The van der Waals surface area contributed by atoms with Gasteiger partial charge in [0.25, 0.3) is 5.91 Å². The topological polar surface area (TPSA) is 80.8 Å². The van der Waals surface area contributed by atoms with Crippen molar-refractivity contribution in [1.82, 2.24) is 0 Å². The Labute approximate surface area is 156 Å². The first-order valence-electron chi connectivity index (χ1n) is 8.20. The molecular weight excluding hydrogens is 374 g/mol. The maximum atomic E-state index is 12.7. The van der Waals surface area contributed by atoms with E-state index in [1.165, 1.54) is 16.2 Å². The highest BCUT2D eigenvalue weighted by Crippen LogP contribution is 2.24. The molecule has 0 radical (unpaired) electrons. The van der Waals surface area contributed by atoms with Gasteiger partial charge in [-0.3, -0.25) is 9.59 Å². The number of para-hydroxylation sites is 1. The number of hydrogen-bond donors (Lipinski definition) is 0. The Morgan fingerprint density at radius 1 is 1.15 bits per heavy atom. The van der Waals surface area contributed by atoms with E-state index in [0.717, 1.165) is 4.88 Å². The van der Waals surface area contributed by atoms with Gasteiger partial charge in [0.1, 0.15) is 0 Å². The van der Waals surface area contributed by atoms with Crippen LogP contribution in [0.5, 0.6) is 0 Å². The summed E-state index contributed by atoms with van der Waals surface area (Å²) in [6.07, 6.45) is 0.500. The molecule has 0 unspecified atom stereocenters. The predicted octanol–water partition coefficient (Wildman–Crippen LogP) is 2.05. The summed E-state index contributed by atoms with van der Waals surface area (Å²) in [5.41, 5.74) is 0.605. The van der Waals surface area contributed by atoms with Crippen LogP contribution in [0.2, 0.25) is 0 Å². The molecule has 1 aliphatic heterocycles. The Balaban J connectivity index is 1.68. The van der Waals surface area contributed by atoms with Crippen LogP contribution in [0.25, 0.3) is 0 Å². The van der Waals surface area contributed by atoms with Gasteiger partial charge in [-0.1, -0.05) is 24.3 Å². The van der Waals surface area contributed by atoms with Gasteiger partial charge in [0, 0.05) is 10.6 Å². The average Bonchev–Trinajstić information content (AvgIpc) is 3.24. The maximum absolute atomic E-state index is 12.7. The molecule has 8 heteroatoms. The number of anilines is 1. The average molecular weight is 393 g/mol. The Bertz CT molecular complexity index is 862. The molecule has 1 amide bonds. The SMILES string of the molecule is O=C(Cc1cccs1)OCC(=O)N(c1ccccc1)[C@@H]1CCS(=O)(=O)C1. The van der Waals surface area contributed by atoms with Crippen molar-refractivity contribution in [2.24, 2.45) is 0 Å². The molecule has 1 fully saturated rings. The van der Waals surface area contributed by atoms with E-state index in [9.17, 15) is 18.0 Å². The number of nitrogens with zero attached hydrogens (tertiary/aromatic N) is 1. The lowest BCUT2D eigenvalue weighted by atomic mass is 10.2. The normalized spacial score (nSPS) is 18.4. The van der Waals surface area contributed by atoms with E-state index in [1.54, 1.807) is 24.3 Å². The second-order valence-electron chi connectivity index (χ2n) is 6.07. The minimum absolute atomic E-state index is 0.0620. The number of carbonyl (C=O) groups is 2. The smallest absolute Gasteiger partial charge is 0.311 e. The molecule has 0 bridgehead atoms. The number of ether oxygens (including phenoxy) is 1. The van der Waals surface area contributed by atoms with Gasteiger partial charge in [-0.15, -0.1) is 11.3 Å². The molecule has 3 rings (SSSR count). The zero-order chi connectivity index (χ0) is 18.6. The van der Waals surface area contributed by atoms with E-state index in [2.05, 4.69) is 0 Å². The number of rotatable bonds is 6. The lowest BCUT2D eigenvalue weighted by Gasteiger charge is -2.28. The van der Waals surface area contributed by atoms with Gasteiger partial charge < -0.3 is 9.64 Å². The summed E-state index contributed by atoms with van der Waals surface area (Å²) in [6, 6.07) is 12.1. The molecule has 1 aromatic heterocycles. The Morgan fingerprint density at radius 2 is 1.92 bits per heavy atom. The monoisotopic (exact) mass is 393 g/mol. The van der Waals surface area contributed by atoms with E-state index in [-0.39, 0.29) is 17.9 Å². The summed E-state index contributed by atoms with van der Waals surface area (Å²) in [7, 11) is -3.15. The summed E-state index contributed by atoms with van der Waals surface area (Å²) >= 11 is 1.45. The molecule has 1 saturated heterocycles. The number of hydrogen-bond acceptors (Lipinski definition) is 6. The van der Waals surface area contributed by atoms with Crippen LogP contribution in [-0.2, 0) is 30.6 Å². The molecule has 0 saturated carbocycles. The summed E-state index contributed by atoms with van der Waals surface area (Å²) in [5, 5.41) is 1.87. The highest BCUT2D eigenvalue weighted by atomic mass is 32.2. The van der Waals surface area contributed by atoms with E-state index in [4.69, 9.17) is 4.74 Å². The third-order valence-corrected chi connectivity index (χ3v) is 6.76. The molecule has 0 spiro atoms. The van der Waals surface area contributed by atoms with Crippen LogP contribution >= 0.6 is 11.3 Å². The van der Waals surface area contributed by atoms with Gasteiger partial charge in [-0.25, -0.2) is 8.42 Å². The first kappa shape index (κ1) is 18.6. The fourth-order valence-electron chi connectivity index (χ4n) is 2.94. The summed E-state index contributed by atoms with van der Waals surface area (Å²) in [6.45, 7) is -0.407. The number of sulfone groups is 1. The van der Waals surface area contributed by atoms with Gasteiger partial charge in [0.05, 0.1) is 24.0 Å². The third kappa shape index (κ3) is 4.70. The van der Waals surface area contributed by atoms with Crippen molar-refractivity contribution in [3.8, 4) is 0 Å². The molecule has 6 nitrogen and oxygen atoms in total. The second-order valence-corrected chi connectivity index (χ2v) is 9.33. The van der Waals surface area contributed by atoms with Gasteiger partial charge in [0.2, 0.25) is 0 Å². The van der Waals surface area contributed by atoms with E-state index in [0.29, 0.717) is 12.1 Å². The fourth-order valence-corrected chi connectivity index (χ4v) is 5.33. The minimum atomic E-state index is -3.15. The summed E-state index contributed by atoms with van der Waals surface area (Å²) in [4.78, 5) is 26.9. The van der Waals surface area contributed by atoms with Crippen molar-refractivity contribution < 1.29 is 22.7 Å². The first-order valence-corrected chi connectivity index (χ1v) is 10.9. The molecular formula is C18H19NO5S2. The minimum Gasteiger partial charge on any atom is -0.455 e. The highest BCUT2D eigenvalue weighted by Gasteiger charge is 2.35. The summed E-state index contributed by atoms with van der Waals surface area (Å²) in [5.74, 6) is -0.908. The zero-order valence-corrected chi connectivity index (χ0v) is 15.7. The molecule has 1 aliphatic rings. The molecule has 26 heavy (non-hydrogen) atoms.